The molecule has 12 nitrogen and oxygen atoms in total. The number of aryl methyl sites for hydroxylation is 1. The van der Waals surface area contributed by atoms with Crippen LogP contribution in [0.3, 0.4) is 0 Å². The van der Waals surface area contributed by atoms with E-state index in [-0.39, 0.29) is 24.6 Å². The Kier molecular flexibility index (Phi) is 8.86. The fourth-order valence-corrected chi connectivity index (χ4v) is 5.03. The van der Waals surface area contributed by atoms with Crippen molar-refractivity contribution in [2.45, 2.75) is 46.1 Å². The average molecular weight is 588 g/mol. The number of hydrogen-bond donors (Lipinski definition) is 1. The number of hydrogen-bond acceptors (Lipinski definition) is 8. The fourth-order valence-electron chi connectivity index (χ4n) is 5.03. The lowest BCUT2D eigenvalue weighted by atomic mass is 10.0. The highest BCUT2D eigenvalue weighted by Crippen LogP contribution is 2.35. The molecule has 1 fully saturated rings. The number of ketones is 1. The van der Waals surface area contributed by atoms with E-state index in [1.807, 2.05) is 32.0 Å². The number of ether oxygens (including phenoxy) is 2. The lowest BCUT2D eigenvalue weighted by Gasteiger charge is -2.34. The van der Waals surface area contributed by atoms with Crippen LogP contribution in [0.15, 0.2) is 49.1 Å². The second kappa shape index (κ2) is 12.7. The molecule has 1 aliphatic rings. The van der Waals surface area contributed by atoms with Crippen LogP contribution in [0.1, 0.15) is 60.2 Å². The Bertz CT molecular complexity index is 1600. The van der Waals surface area contributed by atoms with Crippen molar-refractivity contribution in [3.63, 3.8) is 0 Å². The SMILES string of the molecule is CCCOCCC(C)(C)Oc1cnc(-n2cnc(C)n2)c2[nH]cc(C(=O)C(=O)N3CCN(C(=O)c4ccccc4)CC3)c12. The molecule has 0 saturated carbocycles. The molecule has 43 heavy (non-hydrogen) atoms. The summed E-state index contributed by atoms with van der Waals surface area (Å²) >= 11 is 0. The maximum atomic E-state index is 13.7. The number of benzene rings is 1. The van der Waals surface area contributed by atoms with Gasteiger partial charge in [0.05, 0.1) is 29.3 Å². The Balaban J connectivity index is 1.39. The minimum Gasteiger partial charge on any atom is -0.485 e. The van der Waals surface area contributed by atoms with Crippen LogP contribution in [0.2, 0.25) is 0 Å². The molecule has 1 aromatic carbocycles. The van der Waals surface area contributed by atoms with Crippen molar-refractivity contribution >= 4 is 28.5 Å². The largest absolute Gasteiger partial charge is 0.485 e. The molecule has 0 unspecified atom stereocenters. The molecule has 1 saturated heterocycles. The molecule has 1 aliphatic heterocycles. The number of nitrogens with zero attached hydrogens (tertiary/aromatic N) is 6. The fraction of sp³-hybridized carbons (Fsp3) is 0.419. The molecule has 0 atom stereocenters. The number of rotatable bonds is 11. The van der Waals surface area contributed by atoms with Crippen LogP contribution < -0.4 is 4.74 Å². The van der Waals surface area contributed by atoms with E-state index in [0.29, 0.717) is 66.6 Å². The van der Waals surface area contributed by atoms with Gasteiger partial charge in [-0.1, -0.05) is 25.1 Å². The van der Waals surface area contributed by atoms with Crippen LogP contribution in [0.4, 0.5) is 0 Å². The summed E-state index contributed by atoms with van der Waals surface area (Å²) in [5, 5.41) is 4.81. The van der Waals surface area contributed by atoms with E-state index in [2.05, 4.69) is 27.0 Å². The molecule has 0 bridgehead atoms. The first-order chi connectivity index (χ1) is 20.7. The Labute approximate surface area is 250 Å². The van der Waals surface area contributed by atoms with Crippen molar-refractivity contribution in [3.05, 3.63) is 66.0 Å². The first-order valence-corrected chi connectivity index (χ1v) is 14.5. The Morgan fingerprint density at radius 3 is 2.40 bits per heavy atom. The molecule has 4 aromatic rings. The highest BCUT2D eigenvalue weighted by atomic mass is 16.5. The van der Waals surface area contributed by atoms with Gasteiger partial charge in [0.1, 0.15) is 23.5 Å². The van der Waals surface area contributed by atoms with Crippen molar-refractivity contribution < 1.29 is 23.9 Å². The van der Waals surface area contributed by atoms with E-state index in [1.54, 1.807) is 30.2 Å². The maximum absolute atomic E-state index is 13.7. The molecule has 0 spiro atoms. The van der Waals surface area contributed by atoms with Gasteiger partial charge in [0.15, 0.2) is 5.82 Å². The van der Waals surface area contributed by atoms with E-state index in [9.17, 15) is 14.4 Å². The number of amides is 2. The van der Waals surface area contributed by atoms with Crippen molar-refractivity contribution in [1.82, 2.24) is 34.5 Å². The molecule has 12 heteroatoms. The lowest BCUT2D eigenvalue weighted by Crippen LogP contribution is -2.52. The molecular formula is C31H37N7O5. The predicted molar refractivity (Wildman–Crippen MR) is 159 cm³/mol. The number of carbonyl (C=O) groups excluding carboxylic acids is 3. The second-order valence-corrected chi connectivity index (χ2v) is 11.1. The summed E-state index contributed by atoms with van der Waals surface area (Å²) in [5.74, 6) is -0.0518. The van der Waals surface area contributed by atoms with Gasteiger partial charge in [0.25, 0.3) is 17.6 Å². The highest BCUT2D eigenvalue weighted by molar-refractivity contribution is 6.45. The van der Waals surface area contributed by atoms with E-state index in [0.717, 1.165) is 6.42 Å². The lowest BCUT2D eigenvalue weighted by molar-refractivity contribution is -0.127. The number of carbonyl (C=O) groups is 3. The van der Waals surface area contributed by atoms with Crippen LogP contribution >= 0.6 is 0 Å². The van der Waals surface area contributed by atoms with Gasteiger partial charge in [0.2, 0.25) is 0 Å². The van der Waals surface area contributed by atoms with E-state index in [1.165, 1.54) is 22.1 Å². The van der Waals surface area contributed by atoms with Crippen LogP contribution in [0.25, 0.3) is 16.7 Å². The molecule has 2 amide bonds. The Morgan fingerprint density at radius 2 is 1.72 bits per heavy atom. The molecule has 1 N–H and O–H groups in total. The highest BCUT2D eigenvalue weighted by Gasteiger charge is 2.32. The topological polar surface area (TPSA) is 136 Å². The van der Waals surface area contributed by atoms with E-state index in [4.69, 9.17) is 9.47 Å². The third-order valence-corrected chi connectivity index (χ3v) is 7.37. The van der Waals surface area contributed by atoms with Crippen molar-refractivity contribution in [1.29, 1.82) is 0 Å². The number of aromatic nitrogens is 5. The normalized spacial score (nSPS) is 13.9. The first-order valence-electron chi connectivity index (χ1n) is 14.5. The van der Waals surface area contributed by atoms with Crippen molar-refractivity contribution in [2.75, 3.05) is 39.4 Å². The van der Waals surface area contributed by atoms with Gasteiger partial charge in [0, 0.05) is 51.0 Å². The third-order valence-electron chi connectivity index (χ3n) is 7.37. The zero-order chi connectivity index (χ0) is 30.6. The summed E-state index contributed by atoms with van der Waals surface area (Å²) in [6, 6.07) is 9.02. The molecule has 0 aliphatic carbocycles. The van der Waals surface area contributed by atoms with Gasteiger partial charge >= 0.3 is 0 Å². The molecule has 226 valence electrons. The minimum absolute atomic E-state index is 0.0940. The maximum Gasteiger partial charge on any atom is 0.295 e. The number of aromatic amines is 1. The minimum atomic E-state index is -0.671. The van der Waals surface area contributed by atoms with Gasteiger partial charge in [-0.3, -0.25) is 14.4 Å². The van der Waals surface area contributed by atoms with Crippen LogP contribution in [-0.4, -0.2) is 97.1 Å². The second-order valence-electron chi connectivity index (χ2n) is 11.1. The zero-order valence-corrected chi connectivity index (χ0v) is 25.0. The number of fused-ring (bicyclic) bond motifs is 1. The smallest absolute Gasteiger partial charge is 0.295 e. The van der Waals surface area contributed by atoms with Gasteiger partial charge in [-0.05, 0) is 39.3 Å². The van der Waals surface area contributed by atoms with Crippen molar-refractivity contribution in [3.8, 4) is 11.6 Å². The monoisotopic (exact) mass is 587 g/mol. The number of pyridine rings is 1. The number of H-pyrrole nitrogens is 1. The van der Waals surface area contributed by atoms with Crippen molar-refractivity contribution in [2.24, 2.45) is 0 Å². The standard InChI is InChI=1S/C31H37N7O5/c1-5-16-42-17-11-31(3,4)43-24-19-33-28(38-20-34-21(2)35-38)26-25(24)23(18-32-26)27(39)30(41)37-14-12-36(13-15-37)29(40)22-9-7-6-8-10-22/h6-10,18-20,32H,5,11-17H2,1-4H3. The van der Waals surface area contributed by atoms with E-state index >= 15 is 0 Å². The number of nitrogens with one attached hydrogen (secondary N) is 1. The van der Waals surface area contributed by atoms with Gasteiger partial charge in [-0.15, -0.1) is 0 Å². The number of Topliss-reactive ketones (excluding diaryl/α,β-unsaturated/α-hetero) is 1. The van der Waals surface area contributed by atoms with Crippen LogP contribution in [0.5, 0.6) is 5.75 Å². The third kappa shape index (κ3) is 6.59. The molecular weight excluding hydrogens is 550 g/mol. The quantitative estimate of drug-likeness (QED) is 0.160. The predicted octanol–water partition coefficient (Wildman–Crippen LogP) is 3.59. The molecule has 5 rings (SSSR count). The summed E-state index contributed by atoms with van der Waals surface area (Å²) in [5.41, 5.74) is 0.624. The molecule has 4 heterocycles. The van der Waals surface area contributed by atoms with Gasteiger partial charge in [-0.2, -0.15) is 5.10 Å². The molecule has 3 aromatic heterocycles. The summed E-state index contributed by atoms with van der Waals surface area (Å²) in [6.45, 7) is 10.1. The Morgan fingerprint density at radius 1 is 1.00 bits per heavy atom. The number of piperazine rings is 1. The summed E-state index contributed by atoms with van der Waals surface area (Å²) < 4.78 is 13.6. The Hall–Kier alpha value is -4.58. The summed E-state index contributed by atoms with van der Waals surface area (Å²) in [6.07, 6.45) is 6.13. The van der Waals surface area contributed by atoms with E-state index < -0.39 is 17.3 Å². The van der Waals surface area contributed by atoms with Gasteiger partial charge < -0.3 is 24.3 Å². The van der Waals surface area contributed by atoms with Crippen LogP contribution in [0, 0.1) is 6.92 Å². The summed E-state index contributed by atoms with van der Waals surface area (Å²) in [7, 11) is 0. The average Bonchev–Trinajstić information content (AvgIpc) is 3.66. The van der Waals surface area contributed by atoms with Gasteiger partial charge in [-0.25, -0.2) is 14.6 Å². The molecule has 0 radical (unpaired) electrons. The summed E-state index contributed by atoms with van der Waals surface area (Å²) in [4.78, 5) is 55.2. The van der Waals surface area contributed by atoms with Crippen LogP contribution in [-0.2, 0) is 9.53 Å². The zero-order valence-electron chi connectivity index (χ0n) is 25.0. The first kappa shape index (κ1) is 29.9.